The van der Waals surface area contributed by atoms with E-state index >= 15 is 0 Å². The van der Waals surface area contributed by atoms with Gasteiger partial charge in [0.05, 0.1) is 18.2 Å². The molecule has 2 aliphatic rings. The highest BCUT2D eigenvalue weighted by atomic mass is 35.5. The molecular weight excluding hydrogens is 361 g/mol. The Morgan fingerprint density at radius 2 is 2.17 bits per heavy atom. The van der Waals surface area contributed by atoms with Crippen LogP contribution in [-0.2, 0) is 14.8 Å². The first-order valence-corrected chi connectivity index (χ1v) is 9.65. The Kier molecular flexibility index (Phi) is 4.68. The Hall–Kier alpha value is -0.370. The fraction of sp³-hybridized carbons (Fsp3) is 0.600. The number of hydrogen-bond acceptors (Lipinski definition) is 4. The van der Waals surface area contributed by atoms with Crippen molar-refractivity contribution in [3.05, 3.63) is 27.7 Å². The highest BCUT2D eigenvalue weighted by Gasteiger charge is 2.51. The summed E-state index contributed by atoms with van der Waals surface area (Å²) in [6.07, 6.45) is 0.660. The van der Waals surface area contributed by atoms with Crippen molar-refractivity contribution in [1.29, 1.82) is 0 Å². The third-order valence-electron chi connectivity index (χ3n) is 5.06. The van der Waals surface area contributed by atoms with Crippen LogP contribution in [0.5, 0.6) is 0 Å². The zero-order valence-corrected chi connectivity index (χ0v) is 15.1. The molecule has 2 heterocycles. The molecule has 1 aromatic rings. The number of halogens is 2. The third-order valence-corrected chi connectivity index (χ3v) is 7.92. The van der Waals surface area contributed by atoms with Crippen LogP contribution in [0.15, 0.2) is 17.0 Å². The van der Waals surface area contributed by atoms with Gasteiger partial charge in [0, 0.05) is 36.1 Å². The monoisotopic (exact) mass is 379 g/mol. The molecule has 2 saturated heterocycles. The van der Waals surface area contributed by atoms with Gasteiger partial charge in [-0.05, 0) is 31.0 Å². The minimum absolute atomic E-state index is 0.00296. The molecule has 0 aromatic heterocycles. The van der Waals surface area contributed by atoms with Gasteiger partial charge in [0.2, 0.25) is 10.0 Å². The van der Waals surface area contributed by atoms with Gasteiger partial charge in [-0.15, -0.1) is 0 Å². The number of hydrogen-bond donors (Lipinski definition) is 1. The summed E-state index contributed by atoms with van der Waals surface area (Å²) in [7, 11) is -3.74. The summed E-state index contributed by atoms with van der Waals surface area (Å²) in [5.74, 6) is 0.00296. The summed E-state index contributed by atoms with van der Waals surface area (Å²) in [5, 5.41) is 10.4. The number of fused-ring (bicyclic) bond motifs is 1. The number of ether oxygens (including phenoxy) is 1. The van der Waals surface area contributed by atoms with E-state index in [-0.39, 0.29) is 29.0 Å². The zero-order chi connectivity index (χ0) is 16.8. The largest absolute Gasteiger partial charge is 0.396 e. The normalized spacial score (nSPS) is 28.8. The van der Waals surface area contributed by atoms with E-state index in [0.29, 0.717) is 36.8 Å². The molecule has 0 aliphatic carbocycles. The van der Waals surface area contributed by atoms with E-state index in [0.717, 1.165) is 0 Å². The fourth-order valence-electron chi connectivity index (χ4n) is 3.41. The van der Waals surface area contributed by atoms with E-state index in [9.17, 15) is 13.5 Å². The topological polar surface area (TPSA) is 66.8 Å². The molecule has 0 radical (unpaired) electrons. The summed E-state index contributed by atoms with van der Waals surface area (Å²) in [6.45, 7) is 3.29. The Morgan fingerprint density at radius 3 is 2.83 bits per heavy atom. The molecule has 0 bridgehead atoms. The maximum Gasteiger partial charge on any atom is 0.244 e. The molecule has 1 N–H and O–H groups in total. The van der Waals surface area contributed by atoms with Crippen LogP contribution >= 0.6 is 23.2 Å². The Bertz CT molecular complexity index is 724. The van der Waals surface area contributed by atoms with E-state index in [2.05, 4.69) is 0 Å². The lowest BCUT2D eigenvalue weighted by Crippen LogP contribution is -2.41. The molecular formula is C15H19Cl2NO4S. The highest BCUT2D eigenvalue weighted by molar-refractivity contribution is 7.89. The minimum atomic E-state index is -3.74. The number of nitrogens with zero attached hydrogens (tertiary/aromatic N) is 1. The van der Waals surface area contributed by atoms with E-state index in [1.54, 1.807) is 13.0 Å². The molecule has 5 nitrogen and oxygen atoms in total. The Morgan fingerprint density at radius 1 is 1.43 bits per heavy atom. The summed E-state index contributed by atoms with van der Waals surface area (Å²) >= 11 is 12.2. The van der Waals surface area contributed by atoms with Gasteiger partial charge in [0.1, 0.15) is 4.90 Å². The number of sulfonamides is 1. The van der Waals surface area contributed by atoms with Crippen LogP contribution in [0.25, 0.3) is 0 Å². The smallest absolute Gasteiger partial charge is 0.244 e. The highest BCUT2D eigenvalue weighted by Crippen LogP contribution is 2.44. The standard InChI is InChI=1S/C15H19Cl2NO4S/c1-10-12(16)2-3-13(14(10)17)23(20,21)18-6-11-7-22-5-4-15(11,8-18)9-19/h2-3,11,19H,4-9H2,1H3/t11-,15-/m1/s1. The Labute approximate surface area is 146 Å². The van der Waals surface area contributed by atoms with Gasteiger partial charge in [0.15, 0.2) is 0 Å². The SMILES string of the molecule is Cc1c(Cl)ccc(S(=O)(=O)N2C[C@@H]3COCC[C@]3(CO)C2)c1Cl. The summed E-state index contributed by atoms with van der Waals surface area (Å²) < 4.78 is 32.9. The van der Waals surface area contributed by atoms with E-state index in [1.165, 1.54) is 10.4 Å². The van der Waals surface area contributed by atoms with Gasteiger partial charge < -0.3 is 9.84 Å². The first-order valence-electron chi connectivity index (χ1n) is 7.45. The van der Waals surface area contributed by atoms with Gasteiger partial charge in [-0.25, -0.2) is 8.42 Å². The molecule has 0 saturated carbocycles. The number of aliphatic hydroxyl groups excluding tert-OH is 1. The lowest BCUT2D eigenvalue weighted by atomic mass is 9.75. The van der Waals surface area contributed by atoms with Crippen molar-refractivity contribution in [3.63, 3.8) is 0 Å². The summed E-state index contributed by atoms with van der Waals surface area (Å²) in [4.78, 5) is 0.0636. The molecule has 23 heavy (non-hydrogen) atoms. The van der Waals surface area contributed by atoms with Crippen LogP contribution in [-0.4, -0.2) is 50.7 Å². The molecule has 128 valence electrons. The first kappa shape index (κ1) is 17.5. The first-order chi connectivity index (χ1) is 10.8. The quantitative estimate of drug-likeness (QED) is 0.874. The molecule has 2 atom stereocenters. The number of rotatable bonds is 3. The Balaban J connectivity index is 1.97. The van der Waals surface area contributed by atoms with Crippen LogP contribution in [0.3, 0.4) is 0 Å². The molecule has 1 aromatic carbocycles. The maximum absolute atomic E-state index is 13.0. The van der Waals surface area contributed by atoms with Crippen LogP contribution in [0.2, 0.25) is 10.0 Å². The van der Waals surface area contributed by atoms with Gasteiger partial charge in [0.25, 0.3) is 0 Å². The van der Waals surface area contributed by atoms with Crippen LogP contribution < -0.4 is 0 Å². The van der Waals surface area contributed by atoms with Crippen LogP contribution in [0.4, 0.5) is 0 Å². The minimum Gasteiger partial charge on any atom is -0.396 e. The average Bonchev–Trinajstić information content (AvgIpc) is 2.93. The van der Waals surface area contributed by atoms with Crippen molar-refractivity contribution in [2.75, 3.05) is 32.9 Å². The molecule has 2 aliphatic heterocycles. The lowest BCUT2D eigenvalue weighted by Gasteiger charge is -2.36. The lowest BCUT2D eigenvalue weighted by molar-refractivity contribution is -0.0414. The maximum atomic E-state index is 13.0. The average molecular weight is 380 g/mol. The van der Waals surface area contributed by atoms with Crippen molar-refractivity contribution in [1.82, 2.24) is 4.31 Å². The fourth-order valence-corrected chi connectivity index (χ4v) is 5.78. The second-order valence-electron chi connectivity index (χ2n) is 6.32. The zero-order valence-electron chi connectivity index (χ0n) is 12.8. The van der Waals surface area contributed by atoms with Gasteiger partial charge >= 0.3 is 0 Å². The van der Waals surface area contributed by atoms with E-state index in [4.69, 9.17) is 27.9 Å². The van der Waals surface area contributed by atoms with E-state index < -0.39 is 15.4 Å². The van der Waals surface area contributed by atoms with Gasteiger partial charge in [-0.3, -0.25) is 0 Å². The van der Waals surface area contributed by atoms with Crippen molar-refractivity contribution in [2.45, 2.75) is 18.2 Å². The summed E-state index contributed by atoms with van der Waals surface area (Å²) in [5.41, 5.74) is 0.130. The predicted octanol–water partition coefficient (Wildman–Crippen LogP) is 2.32. The molecule has 2 fully saturated rings. The molecule has 0 unspecified atom stereocenters. The molecule has 8 heteroatoms. The van der Waals surface area contributed by atoms with Crippen molar-refractivity contribution < 1.29 is 18.3 Å². The van der Waals surface area contributed by atoms with Crippen molar-refractivity contribution >= 4 is 33.2 Å². The molecule has 0 spiro atoms. The predicted molar refractivity (Wildman–Crippen MR) is 88.4 cm³/mol. The second-order valence-corrected chi connectivity index (χ2v) is 9.02. The van der Waals surface area contributed by atoms with Gasteiger partial charge in [-0.1, -0.05) is 23.2 Å². The molecule has 0 amide bonds. The summed E-state index contributed by atoms with van der Waals surface area (Å²) in [6, 6.07) is 2.99. The van der Waals surface area contributed by atoms with Crippen molar-refractivity contribution in [2.24, 2.45) is 11.3 Å². The van der Waals surface area contributed by atoms with Crippen LogP contribution in [0.1, 0.15) is 12.0 Å². The third kappa shape index (κ3) is 2.79. The molecule has 3 rings (SSSR count). The number of benzene rings is 1. The van der Waals surface area contributed by atoms with Crippen LogP contribution in [0, 0.1) is 18.3 Å². The second kappa shape index (κ2) is 6.17. The van der Waals surface area contributed by atoms with E-state index in [1.807, 2.05) is 0 Å². The van der Waals surface area contributed by atoms with Crippen molar-refractivity contribution in [3.8, 4) is 0 Å². The van der Waals surface area contributed by atoms with Gasteiger partial charge in [-0.2, -0.15) is 4.31 Å². The number of aliphatic hydroxyl groups is 1.